The summed E-state index contributed by atoms with van der Waals surface area (Å²) in [6.45, 7) is 5.37. The number of hydrogen-bond acceptors (Lipinski definition) is 10. The Morgan fingerprint density at radius 3 is 2.74 bits per heavy atom. The largest absolute Gasteiger partial charge is 0.547 e. The van der Waals surface area contributed by atoms with Gasteiger partial charge in [-0.05, 0) is 19.1 Å². The molecule has 0 bridgehead atoms. The number of para-hydroxylation sites is 1. The van der Waals surface area contributed by atoms with Crippen molar-refractivity contribution in [2.45, 2.75) is 49.9 Å². The quantitative estimate of drug-likeness (QED) is 0.558. The average Bonchev–Trinajstić information content (AvgIpc) is 3.47. The Bertz CT molecular complexity index is 938. The van der Waals surface area contributed by atoms with Crippen molar-refractivity contribution in [1.29, 1.82) is 0 Å². The summed E-state index contributed by atoms with van der Waals surface area (Å²) in [5.74, 6) is 0.904. The number of nitrogens with zero attached hydrogens (tertiary/aromatic N) is 2. The maximum atomic E-state index is 11.4. The Morgan fingerprint density at radius 2 is 2.06 bits per heavy atom. The molecule has 0 aliphatic carbocycles. The number of phenolic OH excluding ortho intramolecular Hbond substituents is 1. The van der Waals surface area contributed by atoms with E-state index in [1.807, 2.05) is 26.0 Å². The van der Waals surface area contributed by atoms with Gasteiger partial charge < -0.3 is 20.1 Å². The minimum Gasteiger partial charge on any atom is -0.547 e. The number of benzene rings is 1. The van der Waals surface area contributed by atoms with Crippen LogP contribution in [-0.4, -0.2) is 72.6 Å². The van der Waals surface area contributed by atoms with Crippen molar-refractivity contribution in [1.82, 2.24) is 5.32 Å². The van der Waals surface area contributed by atoms with Crippen molar-refractivity contribution in [3.8, 4) is 5.75 Å². The van der Waals surface area contributed by atoms with Crippen LogP contribution in [0.25, 0.3) is 0 Å². The summed E-state index contributed by atoms with van der Waals surface area (Å²) in [5, 5.41) is 37.8. The van der Waals surface area contributed by atoms with Gasteiger partial charge in [0.1, 0.15) is 16.3 Å². The average molecular weight is 481 g/mol. The van der Waals surface area contributed by atoms with E-state index in [-0.39, 0.29) is 23.2 Å². The second kappa shape index (κ2) is 8.62. The van der Waals surface area contributed by atoms with Crippen LogP contribution < -0.4 is 10.4 Å². The van der Waals surface area contributed by atoms with E-state index in [0.717, 1.165) is 22.1 Å². The summed E-state index contributed by atoms with van der Waals surface area (Å²) in [7, 11) is 0. The molecule has 0 amide bonds. The summed E-state index contributed by atoms with van der Waals surface area (Å²) < 4.78 is 0. The van der Waals surface area contributed by atoms with E-state index in [1.54, 1.807) is 42.6 Å². The van der Waals surface area contributed by atoms with Crippen LogP contribution in [0.15, 0.2) is 34.3 Å². The van der Waals surface area contributed by atoms with Crippen molar-refractivity contribution in [2.75, 3.05) is 17.3 Å². The first-order valence-electron chi connectivity index (χ1n) is 10.1. The lowest BCUT2D eigenvalue weighted by molar-refractivity contribution is -0.311. The molecule has 3 aliphatic rings. The maximum absolute atomic E-state index is 11.4. The predicted molar refractivity (Wildman–Crippen MR) is 127 cm³/mol. The molecule has 3 N–H and O–H groups in total. The van der Waals surface area contributed by atoms with Crippen LogP contribution in [0.1, 0.15) is 26.3 Å². The van der Waals surface area contributed by atoms with Crippen molar-refractivity contribution in [2.24, 2.45) is 15.4 Å². The van der Waals surface area contributed by atoms with E-state index in [4.69, 9.17) is 4.99 Å². The molecule has 0 aromatic heterocycles. The third-order valence-electron chi connectivity index (χ3n) is 5.94. The van der Waals surface area contributed by atoms with Gasteiger partial charge >= 0.3 is 0 Å². The molecule has 4 rings (SSSR count). The van der Waals surface area contributed by atoms with Crippen molar-refractivity contribution < 1.29 is 20.1 Å². The van der Waals surface area contributed by atoms with E-state index in [1.165, 1.54) is 11.8 Å². The van der Waals surface area contributed by atoms with Crippen LogP contribution in [0.3, 0.4) is 0 Å². The third kappa shape index (κ3) is 4.37. The lowest BCUT2D eigenvalue weighted by Gasteiger charge is -2.34. The smallest absolute Gasteiger partial charge is 0.125 e. The number of thioether (sulfide) groups is 3. The predicted octanol–water partition coefficient (Wildman–Crippen LogP) is 1.33. The number of carbonyl (C=O) groups is 1. The highest BCUT2D eigenvalue weighted by Crippen LogP contribution is 2.41. The number of aromatic hydroxyl groups is 1. The number of carbonyl (C=O) groups excluding carboxylic acids is 1. The van der Waals surface area contributed by atoms with Crippen LogP contribution in [-0.2, 0) is 4.79 Å². The zero-order valence-electron chi connectivity index (χ0n) is 17.6. The molecule has 1 saturated heterocycles. The molecule has 1 fully saturated rings. The van der Waals surface area contributed by atoms with E-state index in [2.05, 4.69) is 10.3 Å². The summed E-state index contributed by atoms with van der Waals surface area (Å²) in [4.78, 5) is 20.7. The van der Waals surface area contributed by atoms with Gasteiger partial charge in [-0.1, -0.05) is 26.0 Å². The Labute approximate surface area is 194 Å². The Hall–Kier alpha value is -1.20. The molecule has 5 atom stereocenters. The summed E-state index contributed by atoms with van der Waals surface area (Å²) in [6.07, 6.45) is -0.726. The topological polar surface area (TPSA) is 117 Å². The van der Waals surface area contributed by atoms with E-state index in [0.29, 0.717) is 10.8 Å². The number of aliphatic hydroxyl groups is 1. The second-order valence-corrected chi connectivity index (χ2v) is 11.9. The molecular formula is C21H26N3O4S3-. The van der Waals surface area contributed by atoms with Crippen LogP contribution in [0.4, 0.5) is 0 Å². The van der Waals surface area contributed by atoms with Crippen molar-refractivity contribution >= 4 is 51.3 Å². The minimum atomic E-state index is -1.24. The van der Waals surface area contributed by atoms with E-state index in [9.17, 15) is 20.1 Å². The number of aliphatic carboxylic acids is 1. The Kier molecular flexibility index (Phi) is 6.39. The highest BCUT2D eigenvalue weighted by molar-refractivity contribution is 8.15. The molecule has 1 aromatic carbocycles. The zero-order valence-corrected chi connectivity index (χ0v) is 20.0. The second-order valence-electron chi connectivity index (χ2n) is 8.79. The van der Waals surface area contributed by atoms with Gasteiger partial charge in [0.25, 0.3) is 0 Å². The lowest BCUT2D eigenvalue weighted by Crippen LogP contribution is -2.51. The summed E-state index contributed by atoms with van der Waals surface area (Å²) in [6, 6.07) is 7.10. The molecule has 1 unspecified atom stereocenters. The van der Waals surface area contributed by atoms with Gasteiger partial charge in [0.2, 0.25) is 0 Å². The number of carboxylic acid groups (broad SMARTS) is 1. The number of hydrogen-bond donors (Lipinski definition) is 3. The first kappa shape index (κ1) is 23.0. The molecule has 0 spiro atoms. The molecule has 0 radical (unpaired) electrons. The first-order valence-corrected chi connectivity index (χ1v) is 13.1. The molecule has 31 heavy (non-hydrogen) atoms. The summed E-state index contributed by atoms with van der Waals surface area (Å²) >= 11 is 4.75. The molecule has 3 heterocycles. The highest BCUT2D eigenvalue weighted by Gasteiger charge is 2.46. The lowest BCUT2D eigenvalue weighted by atomic mass is 9.83. The number of nitrogens with one attached hydrogen (secondary N) is 1. The minimum absolute atomic E-state index is 0.0458. The highest BCUT2D eigenvalue weighted by atomic mass is 32.2. The number of aliphatic imine (C=N–C) groups is 2. The molecular weight excluding hydrogens is 454 g/mol. The third-order valence-corrected chi connectivity index (χ3v) is 10.0. The number of aliphatic hydroxyl groups excluding tert-OH is 1. The standard InChI is InChI=1S/C21H27N3O4S3/c1-20(2,18-24-21(3,10-31-18)19(27)28)15(26)12-8-30-17(22-12)13-9-29-16(23-13)11-6-4-5-7-14(11)25/h4-7,12-13,15,17,22,25-26H,8-10H2,1-3H3,(H,27,28)/p-1/t12-,13+,15+,17?,21+/m0/s1. The van der Waals surface area contributed by atoms with Gasteiger partial charge in [-0.2, -0.15) is 0 Å². The molecule has 7 nitrogen and oxygen atoms in total. The van der Waals surface area contributed by atoms with Gasteiger partial charge in [-0.15, -0.1) is 35.3 Å². The van der Waals surface area contributed by atoms with Crippen molar-refractivity contribution in [3.63, 3.8) is 0 Å². The molecule has 10 heteroatoms. The zero-order chi connectivity index (χ0) is 22.4. The fourth-order valence-electron chi connectivity index (χ4n) is 3.83. The molecule has 3 aliphatic heterocycles. The fourth-order valence-corrected chi connectivity index (χ4v) is 7.78. The van der Waals surface area contributed by atoms with Crippen LogP contribution in [0.5, 0.6) is 5.75 Å². The van der Waals surface area contributed by atoms with E-state index >= 15 is 0 Å². The van der Waals surface area contributed by atoms with Crippen LogP contribution in [0.2, 0.25) is 0 Å². The Balaban J connectivity index is 1.43. The summed E-state index contributed by atoms with van der Waals surface area (Å²) in [5.41, 5.74) is -1.17. The SMILES string of the molecule is CC(C)(C1=N[C@@](C)(C(=O)[O-])CS1)[C@H](O)[C@@H]1CSC([C@H]2CSC(c3ccccc3O)=N2)N1. The van der Waals surface area contributed by atoms with Gasteiger partial charge in [-0.3, -0.25) is 15.3 Å². The maximum Gasteiger partial charge on any atom is 0.125 e. The van der Waals surface area contributed by atoms with Crippen molar-refractivity contribution in [3.05, 3.63) is 29.8 Å². The van der Waals surface area contributed by atoms with Gasteiger partial charge in [0.05, 0.1) is 28.5 Å². The van der Waals surface area contributed by atoms with Crippen LogP contribution >= 0.6 is 35.3 Å². The van der Waals surface area contributed by atoms with Crippen LogP contribution in [0, 0.1) is 5.41 Å². The van der Waals surface area contributed by atoms with Gasteiger partial charge in [0.15, 0.2) is 0 Å². The molecule has 168 valence electrons. The Morgan fingerprint density at radius 1 is 1.32 bits per heavy atom. The van der Waals surface area contributed by atoms with Gasteiger partial charge in [0, 0.05) is 34.3 Å². The fraction of sp³-hybridized carbons (Fsp3) is 0.571. The molecule has 0 saturated carbocycles. The molecule has 1 aromatic rings. The number of phenols is 1. The first-order chi connectivity index (χ1) is 14.6. The number of carboxylic acids is 1. The number of rotatable bonds is 6. The van der Waals surface area contributed by atoms with Gasteiger partial charge in [-0.25, -0.2) is 0 Å². The normalized spacial score (nSPS) is 32.1. The monoisotopic (exact) mass is 480 g/mol. The van der Waals surface area contributed by atoms with E-state index < -0.39 is 23.0 Å².